The zero-order chi connectivity index (χ0) is 15.1. The van der Waals surface area contributed by atoms with Crippen LogP contribution in [0.3, 0.4) is 0 Å². The van der Waals surface area contributed by atoms with Gasteiger partial charge in [-0.15, -0.1) is 0 Å². The molecular weight excluding hydrogens is 320 g/mol. The highest BCUT2D eigenvalue weighted by Gasteiger charge is 2.15. The molecule has 0 spiro atoms. The maximum Gasteiger partial charge on any atom is 0.427 e. The highest BCUT2D eigenvalue weighted by atomic mass is 35.5. The Morgan fingerprint density at radius 3 is 2.38 bits per heavy atom. The van der Waals surface area contributed by atoms with Crippen LogP contribution in [0.2, 0.25) is 10.0 Å². The van der Waals surface area contributed by atoms with Gasteiger partial charge in [0.2, 0.25) is 0 Å². The summed E-state index contributed by atoms with van der Waals surface area (Å²) in [5.74, 6) is -1.80. The van der Waals surface area contributed by atoms with Gasteiger partial charge in [0.25, 0.3) is 5.56 Å². The normalized spacial score (nSPS) is 11.0. The fourth-order valence-electron chi connectivity index (χ4n) is 1.97. The molecule has 0 aliphatic rings. The van der Waals surface area contributed by atoms with E-state index in [0.717, 1.165) is 6.07 Å². The molecule has 3 aromatic rings. The minimum Gasteiger partial charge on any atom is -0.409 e. The van der Waals surface area contributed by atoms with Gasteiger partial charge >= 0.3 is 5.76 Å². The Bertz CT molecular complexity index is 978. The van der Waals surface area contributed by atoms with Gasteiger partial charge in [0, 0.05) is 10.0 Å². The van der Waals surface area contributed by atoms with Crippen LogP contribution in [-0.2, 0) is 0 Å². The molecule has 0 saturated carbocycles. The van der Waals surface area contributed by atoms with Crippen molar-refractivity contribution >= 4 is 34.2 Å². The highest BCUT2D eigenvalue weighted by Crippen LogP contribution is 2.18. The number of rotatable bonds is 1. The van der Waals surface area contributed by atoms with Crippen molar-refractivity contribution in [3.8, 4) is 5.69 Å². The maximum atomic E-state index is 13.9. The SMILES string of the molecule is O=c1oc2ccc(Cl)cc2c(=O)n1-c1ccc(Cl)cc1F. The molecule has 0 saturated heterocycles. The Morgan fingerprint density at radius 1 is 1.00 bits per heavy atom. The quantitative estimate of drug-likeness (QED) is 0.689. The first-order chi connectivity index (χ1) is 9.97. The summed E-state index contributed by atoms with van der Waals surface area (Å²) in [5.41, 5.74) is -0.870. The van der Waals surface area contributed by atoms with E-state index in [1.165, 1.54) is 30.3 Å². The van der Waals surface area contributed by atoms with E-state index < -0.39 is 17.1 Å². The fourth-order valence-corrected chi connectivity index (χ4v) is 2.30. The van der Waals surface area contributed by atoms with Crippen LogP contribution in [0.25, 0.3) is 16.7 Å². The van der Waals surface area contributed by atoms with E-state index in [-0.39, 0.29) is 21.7 Å². The second-order valence-corrected chi connectivity index (χ2v) is 5.12. The Kier molecular flexibility index (Phi) is 3.31. The van der Waals surface area contributed by atoms with Gasteiger partial charge in [0.15, 0.2) is 0 Å². The average molecular weight is 326 g/mol. The number of benzene rings is 2. The lowest BCUT2D eigenvalue weighted by Crippen LogP contribution is -2.31. The van der Waals surface area contributed by atoms with Crippen LogP contribution < -0.4 is 11.3 Å². The average Bonchev–Trinajstić information content (AvgIpc) is 2.42. The van der Waals surface area contributed by atoms with Crippen molar-refractivity contribution in [3.05, 3.63) is 73.2 Å². The van der Waals surface area contributed by atoms with Gasteiger partial charge in [0.05, 0.1) is 11.1 Å². The van der Waals surface area contributed by atoms with Gasteiger partial charge in [-0.25, -0.2) is 13.8 Å². The largest absolute Gasteiger partial charge is 0.427 e. The molecule has 0 aliphatic carbocycles. The molecule has 7 heteroatoms. The van der Waals surface area contributed by atoms with E-state index in [9.17, 15) is 14.0 Å². The smallest absolute Gasteiger partial charge is 0.409 e. The molecule has 2 aromatic carbocycles. The van der Waals surface area contributed by atoms with Crippen molar-refractivity contribution in [1.29, 1.82) is 0 Å². The van der Waals surface area contributed by atoms with E-state index in [1.54, 1.807) is 0 Å². The van der Waals surface area contributed by atoms with E-state index >= 15 is 0 Å². The summed E-state index contributed by atoms with van der Waals surface area (Å²) in [6, 6.07) is 7.85. The van der Waals surface area contributed by atoms with Crippen molar-refractivity contribution in [3.63, 3.8) is 0 Å². The van der Waals surface area contributed by atoms with Crippen molar-refractivity contribution in [2.24, 2.45) is 0 Å². The van der Waals surface area contributed by atoms with Crippen LogP contribution in [-0.4, -0.2) is 4.57 Å². The zero-order valence-corrected chi connectivity index (χ0v) is 11.8. The summed E-state index contributed by atoms with van der Waals surface area (Å²) in [5, 5.41) is 0.533. The predicted octanol–water partition coefficient (Wildman–Crippen LogP) is 3.39. The van der Waals surface area contributed by atoms with Crippen LogP contribution in [0.15, 0.2) is 50.4 Å². The summed E-state index contributed by atoms with van der Waals surface area (Å²) >= 11 is 11.5. The first-order valence-electron chi connectivity index (χ1n) is 5.78. The molecule has 0 bridgehead atoms. The standard InChI is InChI=1S/C14H6Cl2FNO3/c15-7-2-4-12-9(5-7)13(19)18(14(20)21-12)11-3-1-8(16)6-10(11)17/h1-6H. The number of aromatic nitrogens is 1. The molecule has 0 atom stereocenters. The second kappa shape index (κ2) is 5.02. The van der Waals surface area contributed by atoms with Crippen LogP contribution in [0, 0.1) is 5.82 Å². The molecule has 0 amide bonds. The van der Waals surface area contributed by atoms with Gasteiger partial charge in [-0.05, 0) is 36.4 Å². The molecular formula is C14H6Cl2FNO3. The molecule has 0 unspecified atom stereocenters. The third kappa shape index (κ3) is 2.34. The number of hydrogen-bond donors (Lipinski definition) is 0. The van der Waals surface area contributed by atoms with Crippen molar-refractivity contribution in [2.45, 2.75) is 0 Å². The zero-order valence-electron chi connectivity index (χ0n) is 10.3. The number of fused-ring (bicyclic) bond motifs is 1. The molecule has 0 aliphatic heterocycles. The Balaban J connectivity index is 2.43. The summed E-state index contributed by atoms with van der Waals surface area (Å²) in [6.07, 6.45) is 0. The van der Waals surface area contributed by atoms with Crippen molar-refractivity contribution < 1.29 is 8.81 Å². The summed E-state index contributed by atoms with van der Waals surface area (Å²) in [6.45, 7) is 0. The van der Waals surface area contributed by atoms with Crippen LogP contribution in [0.1, 0.15) is 0 Å². The predicted molar refractivity (Wildman–Crippen MR) is 78.1 cm³/mol. The van der Waals surface area contributed by atoms with Gasteiger partial charge in [-0.1, -0.05) is 23.2 Å². The van der Waals surface area contributed by atoms with Crippen molar-refractivity contribution in [2.75, 3.05) is 0 Å². The van der Waals surface area contributed by atoms with Gasteiger partial charge < -0.3 is 4.42 Å². The minimum absolute atomic E-state index is 0.0800. The first kappa shape index (κ1) is 13.9. The number of hydrogen-bond acceptors (Lipinski definition) is 3. The molecule has 0 N–H and O–H groups in total. The van der Waals surface area contributed by atoms with E-state index in [0.29, 0.717) is 9.59 Å². The lowest BCUT2D eigenvalue weighted by atomic mass is 10.2. The summed E-state index contributed by atoms with van der Waals surface area (Å²) in [7, 11) is 0. The van der Waals surface area contributed by atoms with E-state index in [2.05, 4.69) is 0 Å². The van der Waals surface area contributed by atoms with Crippen LogP contribution in [0.5, 0.6) is 0 Å². The molecule has 4 nitrogen and oxygen atoms in total. The summed E-state index contributed by atoms with van der Waals surface area (Å²) in [4.78, 5) is 24.3. The van der Waals surface area contributed by atoms with Crippen molar-refractivity contribution in [1.82, 2.24) is 4.57 Å². The number of nitrogens with zero attached hydrogens (tertiary/aromatic N) is 1. The van der Waals surface area contributed by atoms with Gasteiger partial charge in [0.1, 0.15) is 11.4 Å². The first-order valence-corrected chi connectivity index (χ1v) is 6.54. The monoisotopic (exact) mass is 325 g/mol. The molecule has 1 aromatic heterocycles. The number of halogens is 3. The summed E-state index contributed by atoms with van der Waals surface area (Å²) < 4.78 is 19.5. The van der Waals surface area contributed by atoms with Crippen LogP contribution in [0.4, 0.5) is 4.39 Å². The van der Waals surface area contributed by atoms with Gasteiger partial charge in [-0.3, -0.25) is 4.79 Å². The van der Waals surface area contributed by atoms with Crippen LogP contribution >= 0.6 is 23.2 Å². The molecule has 3 rings (SSSR count). The second-order valence-electron chi connectivity index (χ2n) is 4.24. The van der Waals surface area contributed by atoms with E-state index in [4.69, 9.17) is 27.6 Å². The lowest BCUT2D eigenvalue weighted by molar-refractivity contribution is 0.496. The molecule has 1 heterocycles. The Morgan fingerprint density at radius 2 is 1.67 bits per heavy atom. The molecule has 0 fully saturated rings. The Hall–Kier alpha value is -2.11. The minimum atomic E-state index is -0.990. The molecule has 21 heavy (non-hydrogen) atoms. The third-order valence-electron chi connectivity index (χ3n) is 2.91. The lowest BCUT2D eigenvalue weighted by Gasteiger charge is -2.06. The van der Waals surface area contributed by atoms with Gasteiger partial charge in [-0.2, -0.15) is 0 Å². The Labute approximate surface area is 126 Å². The molecule has 0 radical (unpaired) electrons. The maximum absolute atomic E-state index is 13.9. The van der Waals surface area contributed by atoms with E-state index in [1.807, 2.05) is 0 Å². The fraction of sp³-hybridized carbons (Fsp3) is 0. The topological polar surface area (TPSA) is 52.2 Å². The molecule has 106 valence electrons. The third-order valence-corrected chi connectivity index (χ3v) is 3.38. The highest BCUT2D eigenvalue weighted by molar-refractivity contribution is 6.31.